The molecule has 0 aliphatic heterocycles. The van der Waals surface area contributed by atoms with Gasteiger partial charge in [-0.15, -0.1) is 0 Å². The lowest BCUT2D eigenvalue weighted by Crippen LogP contribution is -2.17. The molecular weight excluding hydrogens is 216 g/mol. The van der Waals surface area contributed by atoms with Crippen LogP contribution in [-0.4, -0.2) is 10.9 Å². The number of nitrogens with zero attached hydrogens (tertiary/aromatic N) is 2. The van der Waals surface area contributed by atoms with Gasteiger partial charge < -0.3 is 15.0 Å². The van der Waals surface area contributed by atoms with Crippen LogP contribution in [0.1, 0.15) is 0 Å². The van der Waals surface area contributed by atoms with Crippen molar-refractivity contribution in [3.63, 3.8) is 0 Å². The minimum atomic E-state index is -0.220. The zero-order valence-electron chi connectivity index (χ0n) is 8.98. The molecule has 0 fully saturated rings. The quantitative estimate of drug-likeness (QED) is 0.342. The fourth-order valence-corrected chi connectivity index (χ4v) is 1.24. The molecule has 0 bridgehead atoms. The Morgan fingerprint density at radius 2 is 1.18 bits per heavy atom. The summed E-state index contributed by atoms with van der Waals surface area (Å²) in [6.07, 6.45) is -0.220. The molecule has 0 amide bonds. The van der Waals surface area contributed by atoms with E-state index in [0.29, 0.717) is 11.5 Å². The Morgan fingerprint density at radius 1 is 0.765 bits per heavy atom. The summed E-state index contributed by atoms with van der Waals surface area (Å²) in [5.41, 5.74) is 8.79. The number of hydrogen-bond acceptors (Lipinski definition) is 2. The molecular formula is C13H10N2O2. The molecule has 17 heavy (non-hydrogen) atoms. The zero-order chi connectivity index (χ0) is 11.9. The first-order valence-electron chi connectivity index (χ1n) is 5.06. The second kappa shape index (κ2) is 5.49. The van der Waals surface area contributed by atoms with Crippen molar-refractivity contribution in [1.29, 1.82) is 0 Å². The summed E-state index contributed by atoms with van der Waals surface area (Å²) in [6, 6.07) is 17.9. The van der Waals surface area contributed by atoms with E-state index in [9.17, 15) is 0 Å². The van der Waals surface area contributed by atoms with Crippen LogP contribution in [0.25, 0.3) is 5.53 Å². The molecule has 0 aliphatic rings. The van der Waals surface area contributed by atoms with E-state index in [4.69, 9.17) is 15.0 Å². The molecule has 2 rings (SSSR count). The van der Waals surface area contributed by atoms with Gasteiger partial charge >= 0.3 is 6.08 Å². The van der Waals surface area contributed by atoms with Gasteiger partial charge in [0.25, 0.3) is 0 Å². The second-order valence-electron chi connectivity index (χ2n) is 3.20. The van der Waals surface area contributed by atoms with Crippen LogP contribution < -0.4 is 9.47 Å². The number of rotatable bonds is 2. The number of benzene rings is 2. The molecule has 0 atom stereocenters. The number of para-hydroxylation sites is 2. The van der Waals surface area contributed by atoms with E-state index in [1.165, 1.54) is 0 Å². The monoisotopic (exact) mass is 226 g/mol. The van der Waals surface area contributed by atoms with E-state index in [1.807, 2.05) is 36.4 Å². The van der Waals surface area contributed by atoms with Crippen LogP contribution in [0.2, 0.25) is 0 Å². The Balaban J connectivity index is 2.07. The van der Waals surface area contributed by atoms with E-state index < -0.39 is 0 Å². The van der Waals surface area contributed by atoms with Crippen molar-refractivity contribution in [3.8, 4) is 11.5 Å². The van der Waals surface area contributed by atoms with Crippen LogP contribution in [0.4, 0.5) is 0 Å². The molecule has 0 aliphatic carbocycles. The van der Waals surface area contributed by atoms with Gasteiger partial charge in [-0.05, 0) is 24.3 Å². The average molecular weight is 226 g/mol. The lowest BCUT2D eigenvalue weighted by atomic mass is 10.3. The molecule has 2 aromatic rings. The molecule has 4 nitrogen and oxygen atoms in total. The van der Waals surface area contributed by atoms with Gasteiger partial charge in [-0.1, -0.05) is 41.2 Å². The van der Waals surface area contributed by atoms with Crippen LogP contribution in [0.3, 0.4) is 0 Å². The fraction of sp³-hybridized carbons (Fsp3) is 0. The van der Waals surface area contributed by atoms with Crippen LogP contribution in [0, 0.1) is 0 Å². The Morgan fingerprint density at radius 3 is 1.53 bits per heavy atom. The van der Waals surface area contributed by atoms with Crippen LogP contribution in [0.5, 0.6) is 11.5 Å². The van der Waals surface area contributed by atoms with Crippen molar-refractivity contribution in [2.75, 3.05) is 0 Å². The van der Waals surface area contributed by atoms with Crippen molar-refractivity contribution in [3.05, 3.63) is 66.2 Å². The Kier molecular flexibility index (Phi) is 3.53. The molecule has 84 valence electrons. The lowest BCUT2D eigenvalue weighted by Gasteiger charge is -2.01. The average Bonchev–Trinajstić information content (AvgIpc) is 2.40. The molecule has 0 heterocycles. The van der Waals surface area contributed by atoms with Crippen LogP contribution in [-0.2, 0) is 0 Å². The van der Waals surface area contributed by atoms with Crippen LogP contribution >= 0.6 is 0 Å². The summed E-state index contributed by atoms with van der Waals surface area (Å²) in [6.45, 7) is 0. The fourth-order valence-electron chi connectivity index (χ4n) is 1.24. The van der Waals surface area contributed by atoms with E-state index in [0.717, 1.165) is 0 Å². The summed E-state index contributed by atoms with van der Waals surface area (Å²) in [4.78, 5) is 2.95. The smallest absolute Gasteiger partial charge is 0.362 e. The second-order valence-corrected chi connectivity index (χ2v) is 3.20. The summed E-state index contributed by atoms with van der Waals surface area (Å²) >= 11 is 0. The summed E-state index contributed by atoms with van der Waals surface area (Å²) in [5.74, 6) is 1.08. The Bertz CT molecular complexity index is 476. The lowest BCUT2D eigenvalue weighted by molar-refractivity contribution is -0.0543. The standard InChI is InChI=1S/C13H10N2O2/c14-15-13(16-11-7-3-1-4-8-11)17-12-9-5-2-6-10-12/h1-10H. The van der Waals surface area contributed by atoms with Gasteiger partial charge in [0.1, 0.15) is 11.5 Å². The van der Waals surface area contributed by atoms with Gasteiger partial charge in [0.2, 0.25) is 0 Å². The van der Waals surface area contributed by atoms with Gasteiger partial charge in [0.15, 0.2) is 0 Å². The minimum Gasteiger partial charge on any atom is -0.362 e. The summed E-state index contributed by atoms with van der Waals surface area (Å²) < 4.78 is 10.5. The highest BCUT2D eigenvalue weighted by Gasteiger charge is 2.13. The molecule has 4 heteroatoms. The number of ether oxygens (including phenoxy) is 2. The third kappa shape index (κ3) is 3.19. The predicted octanol–water partition coefficient (Wildman–Crippen LogP) is 2.73. The molecule has 2 aromatic carbocycles. The molecule has 0 radical (unpaired) electrons. The van der Waals surface area contributed by atoms with Gasteiger partial charge in [-0.2, -0.15) is 0 Å². The highest BCUT2D eigenvalue weighted by atomic mass is 16.7. The normalized spacial score (nSPS) is 9.18. The molecule has 0 N–H and O–H groups in total. The molecule has 0 spiro atoms. The zero-order valence-corrected chi connectivity index (χ0v) is 8.98. The predicted molar refractivity (Wildman–Crippen MR) is 62.8 cm³/mol. The molecule has 0 aromatic heterocycles. The Hall–Kier alpha value is -2.58. The highest BCUT2D eigenvalue weighted by molar-refractivity contribution is 5.67. The van der Waals surface area contributed by atoms with E-state index in [1.54, 1.807) is 24.3 Å². The van der Waals surface area contributed by atoms with Gasteiger partial charge in [0.05, 0.1) is 0 Å². The summed E-state index contributed by atoms with van der Waals surface area (Å²) in [5, 5.41) is 0. The minimum absolute atomic E-state index is 0.220. The Labute approximate surface area is 98.7 Å². The van der Waals surface area contributed by atoms with Gasteiger partial charge in [0, 0.05) is 0 Å². The topological polar surface area (TPSA) is 54.9 Å². The third-order valence-electron chi connectivity index (χ3n) is 1.98. The molecule has 0 saturated heterocycles. The van der Waals surface area contributed by atoms with E-state index in [-0.39, 0.29) is 6.08 Å². The SMILES string of the molecule is [N-]=[N+]=C(Oc1ccccc1)Oc1ccccc1. The van der Waals surface area contributed by atoms with E-state index >= 15 is 0 Å². The van der Waals surface area contributed by atoms with Crippen molar-refractivity contribution < 1.29 is 14.3 Å². The highest BCUT2D eigenvalue weighted by Crippen LogP contribution is 2.12. The first-order chi connectivity index (χ1) is 8.38. The van der Waals surface area contributed by atoms with Crippen molar-refractivity contribution in [2.45, 2.75) is 0 Å². The van der Waals surface area contributed by atoms with Crippen molar-refractivity contribution in [2.24, 2.45) is 0 Å². The molecule has 0 unspecified atom stereocenters. The largest absolute Gasteiger partial charge is 0.678 e. The van der Waals surface area contributed by atoms with Crippen LogP contribution in [0.15, 0.2) is 60.7 Å². The first-order valence-corrected chi connectivity index (χ1v) is 5.06. The van der Waals surface area contributed by atoms with Crippen molar-refractivity contribution >= 4 is 6.08 Å². The maximum absolute atomic E-state index is 8.79. The maximum Gasteiger partial charge on any atom is 0.678 e. The summed E-state index contributed by atoms with van der Waals surface area (Å²) in [7, 11) is 0. The third-order valence-corrected chi connectivity index (χ3v) is 1.98. The first kappa shape index (κ1) is 10.9. The molecule has 0 saturated carbocycles. The van der Waals surface area contributed by atoms with E-state index in [2.05, 4.69) is 4.79 Å². The maximum atomic E-state index is 8.79. The van der Waals surface area contributed by atoms with Gasteiger partial charge in [-0.3, -0.25) is 0 Å². The number of hydrogen-bond donors (Lipinski definition) is 0. The van der Waals surface area contributed by atoms with Crippen molar-refractivity contribution in [1.82, 2.24) is 0 Å². The van der Waals surface area contributed by atoms with Gasteiger partial charge in [-0.25, -0.2) is 0 Å².